The number of halogens is 3. The molecule has 0 saturated heterocycles. The van der Waals surface area contributed by atoms with Crippen LogP contribution in [0.2, 0.25) is 13.1 Å². The van der Waals surface area contributed by atoms with E-state index in [0.29, 0.717) is 17.1 Å². The molecule has 14 heavy (non-hydrogen) atoms. The first-order chi connectivity index (χ1) is 6.44. The summed E-state index contributed by atoms with van der Waals surface area (Å²) in [4.78, 5) is 0. The van der Waals surface area contributed by atoms with Gasteiger partial charge in [-0.05, 0) is 17.7 Å². The van der Waals surface area contributed by atoms with Crippen LogP contribution in [-0.2, 0) is 6.04 Å². The van der Waals surface area contributed by atoms with E-state index in [2.05, 4.69) is 13.1 Å². The maximum Gasteiger partial charge on any atom is 0.129 e. The molecule has 0 nitrogen and oxygen atoms in total. The van der Waals surface area contributed by atoms with Crippen molar-refractivity contribution in [1.82, 2.24) is 0 Å². The van der Waals surface area contributed by atoms with Gasteiger partial charge in [0.15, 0.2) is 0 Å². The Labute approximate surface area is 88.9 Å². The normalized spacial score (nSPS) is 11.8. The summed E-state index contributed by atoms with van der Waals surface area (Å²) >= 11 is 5.79. The predicted molar refractivity (Wildman–Crippen MR) is 58.3 cm³/mol. The lowest BCUT2D eigenvalue weighted by atomic mass is 10.2. The van der Waals surface area contributed by atoms with Crippen LogP contribution in [0.5, 0.6) is 0 Å². The maximum absolute atomic E-state index is 13.3. The molecule has 0 fully saturated rings. The molecule has 0 heterocycles. The highest BCUT2D eigenvalue weighted by Crippen LogP contribution is 2.17. The fourth-order valence-corrected chi connectivity index (χ4v) is 2.92. The van der Waals surface area contributed by atoms with E-state index < -0.39 is 19.7 Å². The number of hydrogen-bond acceptors (Lipinski definition) is 0. The molecule has 0 saturated carbocycles. The van der Waals surface area contributed by atoms with Crippen LogP contribution in [0.1, 0.15) is 5.56 Å². The van der Waals surface area contributed by atoms with Gasteiger partial charge in [0.1, 0.15) is 11.6 Å². The van der Waals surface area contributed by atoms with E-state index in [0.717, 1.165) is 6.07 Å². The van der Waals surface area contributed by atoms with E-state index in [9.17, 15) is 8.78 Å². The average Bonchev–Trinajstić information content (AvgIpc) is 2.10. The molecule has 1 aromatic rings. The summed E-state index contributed by atoms with van der Waals surface area (Å²) in [5.74, 6) is -0.993. The standard InChI is InChI=1S/C10H13ClF2Si/c1-14(2,7-11)6-8-3-4-9(12)5-10(8)13/h3-5H,6-7H2,1-2H3. The fraction of sp³-hybridized carbons (Fsp3) is 0.400. The van der Waals surface area contributed by atoms with Gasteiger partial charge in [0.2, 0.25) is 0 Å². The van der Waals surface area contributed by atoms with Crippen molar-refractivity contribution in [2.45, 2.75) is 19.1 Å². The molecular formula is C10H13ClF2Si. The second-order valence-electron chi connectivity index (χ2n) is 4.21. The Balaban J connectivity index is 2.87. The van der Waals surface area contributed by atoms with E-state index >= 15 is 0 Å². The molecule has 0 spiro atoms. The van der Waals surface area contributed by atoms with Gasteiger partial charge in [0.25, 0.3) is 0 Å². The lowest BCUT2D eigenvalue weighted by molar-refractivity contribution is 0.576. The zero-order chi connectivity index (χ0) is 10.8. The Hall–Kier alpha value is -0.413. The smallest absolute Gasteiger partial charge is 0.129 e. The van der Waals surface area contributed by atoms with Crippen molar-refractivity contribution in [2.24, 2.45) is 0 Å². The van der Waals surface area contributed by atoms with E-state index in [4.69, 9.17) is 11.6 Å². The second-order valence-corrected chi connectivity index (χ2v) is 9.96. The summed E-state index contributed by atoms with van der Waals surface area (Å²) in [5.41, 5.74) is 1.16. The van der Waals surface area contributed by atoms with Crippen LogP contribution in [0, 0.1) is 11.6 Å². The molecule has 0 atom stereocenters. The zero-order valence-electron chi connectivity index (χ0n) is 8.28. The summed E-state index contributed by atoms with van der Waals surface area (Å²) in [7, 11) is -1.56. The zero-order valence-corrected chi connectivity index (χ0v) is 10.0. The summed E-state index contributed by atoms with van der Waals surface area (Å²) in [6.45, 7) is 4.17. The Bertz CT molecular complexity index is 326. The average molecular weight is 235 g/mol. The van der Waals surface area contributed by atoms with Crippen molar-refractivity contribution < 1.29 is 8.78 Å². The molecule has 0 radical (unpaired) electrons. The first-order valence-corrected chi connectivity index (χ1v) is 8.39. The van der Waals surface area contributed by atoms with Gasteiger partial charge in [-0.15, -0.1) is 11.6 Å². The molecule has 1 aromatic carbocycles. The minimum Gasteiger partial charge on any atom is -0.207 e. The minimum atomic E-state index is -1.56. The first-order valence-electron chi connectivity index (χ1n) is 4.44. The molecule has 0 bridgehead atoms. The molecule has 0 unspecified atom stereocenters. The van der Waals surface area contributed by atoms with E-state index in [1.165, 1.54) is 12.1 Å². The molecule has 0 amide bonds. The number of benzene rings is 1. The summed E-state index contributed by atoms with van der Waals surface area (Å²) < 4.78 is 25.9. The van der Waals surface area contributed by atoms with Crippen LogP contribution in [0.3, 0.4) is 0 Å². The quantitative estimate of drug-likeness (QED) is 0.555. The van der Waals surface area contributed by atoms with Crippen molar-refractivity contribution >= 4 is 19.7 Å². The third kappa shape index (κ3) is 3.06. The Morgan fingerprint density at radius 3 is 2.43 bits per heavy atom. The van der Waals surface area contributed by atoms with Crippen LogP contribution in [-0.4, -0.2) is 13.6 Å². The topological polar surface area (TPSA) is 0 Å². The van der Waals surface area contributed by atoms with Crippen LogP contribution in [0.25, 0.3) is 0 Å². The van der Waals surface area contributed by atoms with E-state index in [1.54, 1.807) is 0 Å². The lowest BCUT2D eigenvalue weighted by Gasteiger charge is -2.18. The molecular weight excluding hydrogens is 222 g/mol. The second kappa shape index (κ2) is 4.40. The van der Waals surface area contributed by atoms with Gasteiger partial charge in [-0.3, -0.25) is 0 Å². The highest BCUT2D eigenvalue weighted by molar-refractivity contribution is 6.82. The fourth-order valence-electron chi connectivity index (χ4n) is 1.23. The minimum absolute atomic E-state index is 0.462. The summed E-state index contributed by atoms with van der Waals surface area (Å²) in [5, 5.41) is 0. The molecule has 0 N–H and O–H groups in total. The highest BCUT2D eigenvalue weighted by atomic mass is 35.5. The maximum atomic E-state index is 13.3. The van der Waals surface area contributed by atoms with Crippen molar-refractivity contribution in [1.29, 1.82) is 0 Å². The van der Waals surface area contributed by atoms with Gasteiger partial charge in [0, 0.05) is 11.6 Å². The Morgan fingerprint density at radius 1 is 1.29 bits per heavy atom. The third-order valence-corrected chi connectivity index (χ3v) is 6.28. The summed E-state index contributed by atoms with van der Waals surface area (Å²) in [6.07, 6.45) is 0. The highest BCUT2D eigenvalue weighted by Gasteiger charge is 2.21. The van der Waals surface area contributed by atoms with Crippen LogP contribution in [0.15, 0.2) is 18.2 Å². The Kier molecular flexibility index (Phi) is 3.67. The van der Waals surface area contributed by atoms with Gasteiger partial charge in [-0.1, -0.05) is 19.2 Å². The summed E-state index contributed by atoms with van der Waals surface area (Å²) in [6, 6.07) is 4.37. The monoisotopic (exact) mass is 234 g/mol. The van der Waals surface area contributed by atoms with Gasteiger partial charge < -0.3 is 0 Å². The molecule has 78 valence electrons. The van der Waals surface area contributed by atoms with E-state index in [-0.39, 0.29) is 0 Å². The lowest BCUT2D eigenvalue weighted by Crippen LogP contribution is -2.32. The van der Waals surface area contributed by atoms with Crippen molar-refractivity contribution in [3.63, 3.8) is 0 Å². The SMILES string of the molecule is C[Si](C)(CCl)Cc1ccc(F)cc1F. The number of alkyl halides is 1. The van der Waals surface area contributed by atoms with Crippen molar-refractivity contribution in [3.05, 3.63) is 35.4 Å². The molecule has 4 heteroatoms. The third-order valence-electron chi connectivity index (χ3n) is 2.05. The van der Waals surface area contributed by atoms with Crippen LogP contribution in [0.4, 0.5) is 8.78 Å². The number of rotatable bonds is 3. The van der Waals surface area contributed by atoms with Gasteiger partial charge in [-0.25, -0.2) is 8.78 Å². The van der Waals surface area contributed by atoms with Crippen LogP contribution < -0.4 is 0 Å². The van der Waals surface area contributed by atoms with E-state index in [1.807, 2.05) is 0 Å². The molecule has 0 aliphatic heterocycles. The van der Waals surface area contributed by atoms with Crippen molar-refractivity contribution in [2.75, 3.05) is 5.50 Å². The van der Waals surface area contributed by atoms with Gasteiger partial charge in [-0.2, -0.15) is 0 Å². The molecule has 0 aromatic heterocycles. The van der Waals surface area contributed by atoms with Gasteiger partial charge in [0.05, 0.1) is 8.07 Å². The Morgan fingerprint density at radius 2 is 1.93 bits per heavy atom. The van der Waals surface area contributed by atoms with Crippen molar-refractivity contribution in [3.8, 4) is 0 Å². The first kappa shape index (κ1) is 11.7. The van der Waals surface area contributed by atoms with Crippen LogP contribution >= 0.6 is 11.6 Å². The predicted octanol–water partition coefficient (Wildman–Crippen LogP) is 3.53. The van der Waals surface area contributed by atoms with Gasteiger partial charge >= 0.3 is 0 Å². The molecule has 1 rings (SSSR count). The number of hydrogen-bond donors (Lipinski definition) is 0. The largest absolute Gasteiger partial charge is 0.207 e. The molecule has 0 aliphatic carbocycles. The molecule has 0 aliphatic rings.